The molecule has 0 aliphatic rings. The smallest absolute Gasteiger partial charge is 0.144 e. The Hall–Kier alpha value is -0.510. The van der Waals surface area contributed by atoms with Gasteiger partial charge in [-0.25, -0.2) is 4.98 Å². The fraction of sp³-hybridized carbons (Fsp3) is 0.583. The summed E-state index contributed by atoms with van der Waals surface area (Å²) in [6, 6.07) is 1.70. The third-order valence-electron chi connectivity index (χ3n) is 2.65. The molecule has 1 rings (SSSR count). The van der Waals surface area contributed by atoms with Gasteiger partial charge < -0.3 is 10.2 Å². The molecule has 1 N–H and O–H groups in total. The number of anilines is 1. The van der Waals surface area contributed by atoms with Crippen molar-refractivity contribution < 1.29 is 0 Å². The Morgan fingerprint density at radius 1 is 1.29 bits per heavy atom. The maximum atomic E-state index is 6.01. The van der Waals surface area contributed by atoms with Crippen LogP contribution in [0.15, 0.2) is 12.3 Å². The summed E-state index contributed by atoms with van der Waals surface area (Å²) in [4.78, 5) is 6.53. The van der Waals surface area contributed by atoms with Crippen LogP contribution in [0.25, 0.3) is 0 Å². The summed E-state index contributed by atoms with van der Waals surface area (Å²) >= 11 is 11.8. The molecular formula is C12H19Cl2N3. The molecule has 3 nitrogen and oxygen atoms in total. The molecule has 5 heteroatoms. The Bertz CT molecular complexity index is 341. The molecule has 0 aromatic carbocycles. The number of halogens is 2. The van der Waals surface area contributed by atoms with Crippen LogP contribution >= 0.6 is 23.2 Å². The van der Waals surface area contributed by atoms with Crippen LogP contribution in [0, 0.1) is 0 Å². The molecule has 0 atom stereocenters. The van der Waals surface area contributed by atoms with Gasteiger partial charge in [-0.1, -0.05) is 37.0 Å². The van der Waals surface area contributed by atoms with Crippen molar-refractivity contribution >= 4 is 29.0 Å². The molecule has 0 amide bonds. The Balaban J connectivity index is 2.31. The summed E-state index contributed by atoms with van der Waals surface area (Å²) in [6.07, 6.45) is 2.67. The lowest BCUT2D eigenvalue weighted by molar-refractivity contribution is 0.303. The van der Waals surface area contributed by atoms with Gasteiger partial charge in [-0.2, -0.15) is 0 Å². The predicted molar refractivity (Wildman–Crippen MR) is 75.2 cm³/mol. The van der Waals surface area contributed by atoms with Crippen LogP contribution < -0.4 is 5.32 Å². The van der Waals surface area contributed by atoms with Gasteiger partial charge in [-0.05, 0) is 32.1 Å². The van der Waals surface area contributed by atoms with Crippen molar-refractivity contribution in [3.63, 3.8) is 0 Å². The van der Waals surface area contributed by atoms with Crippen LogP contribution in [-0.4, -0.2) is 36.1 Å². The quantitative estimate of drug-likeness (QED) is 0.772. The van der Waals surface area contributed by atoms with Gasteiger partial charge in [0, 0.05) is 12.7 Å². The first-order chi connectivity index (χ1) is 8.17. The normalized spacial score (nSPS) is 10.9. The zero-order valence-electron chi connectivity index (χ0n) is 10.3. The molecule has 1 heterocycles. The largest absolute Gasteiger partial charge is 0.369 e. The van der Waals surface area contributed by atoms with Gasteiger partial charge in [0.25, 0.3) is 0 Å². The van der Waals surface area contributed by atoms with Gasteiger partial charge >= 0.3 is 0 Å². The highest BCUT2D eigenvalue weighted by atomic mass is 35.5. The maximum absolute atomic E-state index is 6.01. The van der Waals surface area contributed by atoms with E-state index in [4.69, 9.17) is 23.2 Å². The number of pyridine rings is 1. The monoisotopic (exact) mass is 275 g/mol. The first kappa shape index (κ1) is 14.6. The molecule has 17 heavy (non-hydrogen) atoms. The van der Waals surface area contributed by atoms with Gasteiger partial charge in [0.15, 0.2) is 0 Å². The minimum absolute atomic E-state index is 0.559. The zero-order chi connectivity index (χ0) is 12.7. The van der Waals surface area contributed by atoms with E-state index in [9.17, 15) is 0 Å². The topological polar surface area (TPSA) is 28.2 Å². The third kappa shape index (κ3) is 5.11. The molecule has 0 unspecified atom stereocenters. The number of rotatable bonds is 7. The minimum Gasteiger partial charge on any atom is -0.369 e. The number of nitrogens with zero attached hydrogens (tertiary/aromatic N) is 2. The summed E-state index contributed by atoms with van der Waals surface area (Å²) < 4.78 is 0. The molecule has 0 saturated heterocycles. The van der Waals surface area contributed by atoms with Gasteiger partial charge in [0.1, 0.15) is 5.82 Å². The van der Waals surface area contributed by atoms with Crippen LogP contribution in [0.2, 0.25) is 10.0 Å². The molecule has 0 saturated carbocycles. The third-order valence-corrected chi connectivity index (χ3v) is 3.14. The van der Waals surface area contributed by atoms with E-state index in [0.29, 0.717) is 15.9 Å². The van der Waals surface area contributed by atoms with Crippen molar-refractivity contribution in [1.29, 1.82) is 0 Å². The van der Waals surface area contributed by atoms with E-state index in [-0.39, 0.29) is 0 Å². The van der Waals surface area contributed by atoms with Crippen molar-refractivity contribution in [1.82, 2.24) is 9.88 Å². The van der Waals surface area contributed by atoms with Crippen molar-refractivity contribution in [3.8, 4) is 0 Å². The molecule has 0 bridgehead atoms. The summed E-state index contributed by atoms with van der Waals surface area (Å²) in [5, 5.41) is 4.34. The highest BCUT2D eigenvalue weighted by molar-refractivity contribution is 6.35. The van der Waals surface area contributed by atoms with E-state index >= 15 is 0 Å². The predicted octanol–water partition coefficient (Wildman–Crippen LogP) is 3.53. The molecule has 1 aromatic rings. The summed E-state index contributed by atoms with van der Waals surface area (Å²) in [5.41, 5.74) is 0. The number of hydrogen-bond acceptors (Lipinski definition) is 3. The van der Waals surface area contributed by atoms with Crippen LogP contribution in [0.5, 0.6) is 0 Å². The number of aromatic nitrogens is 1. The Morgan fingerprint density at radius 3 is 2.59 bits per heavy atom. The fourth-order valence-electron chi connectivity index (χ4n) is 1.59. The van der Waals surface area contributed by atoms with Crippen molar-refractivity contribution in [2.75, 3.05) is 31.5 Å². The lowest BCUT2D eigenvalue weighted by Crippen LogP contribution is -2.25. The van der Waals surface area contributed by atoms with Gasteiger partial charge in [0.2, 0.25) is 0 Å². The fourth-order valence-corrected chi connectivity index (χ4v) is 2.04. The molecule has 0 aliphatic carbocycles. The van der Waals surface area contributed by atoms with Gasteiger partial charge in [0.05, 0.1) is 10.0 Å². The molecule has 0 fully saturated rings. The van der Waals surface area contributed by atoms with Crippen molar-refractivity contribution in [3.05, 3.63) is 22.3 Å². The number of nitrogens with one attached hydrogen (secondary N) is 1. The van der Waals surface area contributed by atoms with E-state index < -0.39 is 0 Å². The molecule has 1 aromatic heterocycles. The minimum atomic E-state index is 0.559. The standard InChI is InChI=1S/C12H19Cl2N3/c1-3-17(4-2)7-5-6-15-12-11(14)8-10(13)9-16-12/h8-9H,3-7H2,1-2H3,(H,15,16). The summed E-state index contributed by atoms with van der Waals surface area (Å²) in [6.45, 7) is 8.49. The second-order valence-corrected chi connectivity index (χ2v) is 4.63. The van der Waals surface area contributed by atoms with E-state index in [0.717, 1.165) is 32.6 Å². The Morgan fingerprint density at radius 2 is 2.00 bits per heavy atom. The first-order valence-electron chi connectivity index (χ1n) is 5.94. The maximum Gasteiger partial charge on any atom is 0.144 e. The number of hydrogen-bond donors (Lipinski definition) is 1. The molecule has 96 valence electrons. The highest BCUT2D eigenvalue weighted by Crippen LogP contribution is 2.22. The SMILES string of the molecule is CCN(CC)CCCNc1ncc(Cl)cc1Cl. The first-order valence-corrected chi connectivity index (χ1v) is 6.70. The zero-order valence-corrected chi connectivity index (χ0v) is 11.9. The second kappa shape index (κ2) is 7.75. The average molecular weight is 276 g/mol. The molecular weight excluding hydrogens is 257 g/mol. The Labute approximate surface area is 113 Å². The summed E-state index contributed by atoms with van der Waals surface area (Å²) in [7, 11) is 0. The van der Waals surface area contributed by atoms with Crippen LogP contribution in [0.1, 0.15) is 20.3 Å². The lowest BCUT2D eigenvalue weighted by atomic mass is 10.3. The second-order valence-electron chi connectivity index (χ2n) is 3.79. The van der Waals surface area contributed by atoms with Crippen molar-refractivity contribution in [2.45, 2.75) is 20.3 Å². The molecule has 0 spiro atoms. The van der Waals surface area contributed by atoms with E-state index in [1.54, 1.807) is 12.3 Å². The molecule has 0 aliphatic heterocycles. The van der Waals surface area contributed by atoms with E-state index in [1.165, 1.54) is 0 Å². The molecule has 0 radical (unpaired) electrons. The van der Waals surface area contributed by atoms with Crippen LogP contribution in [0.3, 0.4) is 0 Å². The van der Waals surface area contributed by atoms with Crippen LogP contribution in [-0.2, 0) is 0 Å². The Kier molecular flexibility index (Phi) is 6.63. The lowest BCUT2D eigenvalue weighted by Gasteiger charge is -2.17. The highest BCUT2D eigenvalue weighted by Gasteiger charge is 2.02. The average Bonchev–Trinajstić information content (AvgIpc) is 2.32. The van der Waals surface area contributed by atoms with Gasteiger partial charge in [-0.15, -0.1) is 0 Å². The van der Waals surface area contributed by atoms with Crippen LogP contribution in [0.4, 0.5) is 5.82 Å². The van der Waals surface area contributed by atoms with Crippen molar-refractivity contribution in [2.24, 2.45) is 0 Å². The van der Waals surface area contributed by atoms with E-state index in [1.807, 2.05) is 0 Å². The van der Waals surface area contributed by atoms with Gasteiger partial charge in [-0.3, -0.25) is 0 Å². The van der Waals surface area contributed by atoms with E-state index in [2.05, 4.69) is 29.0 Å². The summed E-state index contributed by atoms with van der Waals surface area (Å²) in [5.74, 6) is 0.704.